The average Bonchev–Trinajstić information content (AvgIpc) is 3.33. The Morgan fingerprint density at radius 3 is 2.18 bits per heavy atom. The number of alkyl halides is 9. The molecule has 0 aromatic heterocycles. The zero-order valence-electron chi connectivity index (χ0n) is 28.8. The average molecular weight is 731 g/mol. The van der Waals surface area contributed by atoms with Crippen molar-refractivity contribution >= 4 is 5.97 Å². The van der Waals surface area contributed by atoms with E-state index in [2.05, 4.69) is 13.0 Å². The van der Waals surface area contributed by atoms with Crippen LogP contribution in [0, 0.1) is 29.1 Å². The van der Waals surface area contributed by atoms with Crippen molar-refractivity contribution in [3.63, 3.8) is 0 Å². The van der Waals surface area contributed by atoms with Crippen molar-refractivity contribution < 1.29 is 59.3 Å². The topological polar surface area (TPSA) is 66.8 Å². The summed E-state index contributed by atoms with van der Waals surface area (Å²) in [7, 11) is 0. The normalized spacial score (nSPS) is 27.7. The first-order valence-corrected chi connectivity index (χ1v) is 18.1. The number of phenolic OH excluding ortho intramolecular Hbond substituents is 1. The van der Waals surface area contributed by atoms with Crippen molar-refractivity contribution in [1.82, 2.24) is 0 Å². The number of hydrogen-bond acceptors (Lipinski definition) is 4. The van der Waals surface area contributed by atoms with Gasteiger partial charge in [0.15, 0.2) is 0 Å². The summed E-state index contributed by atoms with van der Waals surface area (Å²) in [5, 5.41) is 21.1. The standard InChI is InChI=1S/C37H51F9O4/c1-3-50-32(49)23(19-20-34(38,39)35(40,41)36(42,43)37(44,45)46)11-9-7-5-4-6-8-10-12-25-22-33(2)29(17-18-30(33)48)28-15-13-24-21-26(47)14-16-27(24)31(25)28/h14,16,21,23,25,28-31,47-48H,3-13,15,17-20,22H2,1-2H3/t23?,25?,28?,29?,30-,31?,33-/m0/s1. The molecule has 50 heavy (non-hydrogen) atoms. The fourth-order valence-electron chi connectivity index (χ4n) is 9.37. The number of carbonyl (C=O) groups excluding carboxylic acids is 1. The van der Waals surface area contributed by atoms with Gasteiger partial charge in [0.25, 0.3) is 0 Å². The molecule has 0 radical (unpaired) electrons. The van der Waals surface area contributed by atoms with Gasteiger partial charge in [-0.05, 0) is 111 Å². The van der Waals surface area contributed by atoms with E-state index in [1.54, 1.807) is 6.07 Å². The number of aliphatic hydroxyl groups excluding tert-OH is 1. The molecule has 0 spiro atoms. The number of benzene rings is 1. The van der Waals surface area contributed by atoms with Crippen LogP contribution < -0.4 is 0 Å². The molecule has 2 N–H and O–H groups in total. The van der Waals surface area contributed by atoms with E-state index in [4.69, 9.17) is 4.74 Å². The van der Waals surface area contributed by atoms with E-state index in [1.165, 1.54) is 18.1 Å². The van der Waals surface area contributed by atoms with Gasteiger partial charge in [-0.1, -0.05) is 57.9 Å². The number of esters is 1. The van der Waals surface area contributed by atoms with E-state index in [9.17, 15) is 54.5 Å². The number of rotatable bonds is 17. The van der Waals surface area contributed by atoms with Crippen molar-refractivity contribution in [1.29, 1.82) is 0 Å². The number of unbranched alkanes of at least 4 members (excludes halogenated alkanes) is 6. The molecule has 3 aliphatic carbocycles. The molecule has 1 aromatic carbocycles. The molecule has 0 heterocycles. The van der Waals surface area contributed by atoms with Gasteiger partial charge >= 0.3 is 29.9 Å². The molecule has 0 amide bonds. The summed E-state index contributed by atoms with van der Waals surface area (Å²) in [5.41, 5.74) is 2.47. The van der Waals surface area contributed by atoms with E-state index >= 15 is 0 Å². The zero-order valence-corrected chi connectivity index (χ0v) is 28.8. The summed E-state index contributed by atoms with van der Waals surface area (Å²) >= 11 is 0. The number of aryl methyl sites for hydroxylation is 1. The summed E-state index contributed by atoms with van der Waals surface area (Å²) in [6.45, 7) is 3.54. The van der Waals surface area contributed by atoms with Crippen molar-refractivity contribution in [2.75, 3.05) is 6.61 Å². The quantitative estimate of drug-likeness (QED) is 0.0952. The molecule has 13 heteroatoms. The highest BCUT2D eigenvalue weighted by atomic mass is 19.4. The summed E-state index contributed by atoms with van der Waals surface area (Å²) in [4.78, 5) is 12.3. The van der Waals surface area contributed by atoms with E-state index in [0.717, 1.165) is 70.6 Å². The summed E-state index contributed by atoms with van der Waals surface area (Å²) in [6, 6.07) is 5.75. The first kappa shape index (κ1) is 40.6. The minimum Gasteiger partial charge on any atom is -0.508 e. The van der Waals surface area contributed by atoms with Gasteiger partial charge in [-0.3, -0.25) is 4.79 Å². The minimum atomic E-state index is -6.95. The van der Waals surface area contributed by atoms with Crippen LogP contribution in [0.5, 0.6) is 5.75 Å². The molecule has 5 unspecified atom stereocenters. The molecule has 0 saturated heterocycles. The molecule has 0 aliphatic heterocycles. The lowest BCUT2D eigenvalue weighted by Gasteiger charge is -2.54. The second-order valence-electron chi connectivity index (χ2n) is 15.2. The number of aromatic hydroxyl groups is 1. The Bertz CT molecular complexity index is 1290. The van der Waals surface area contributed by atoms with Crippen molar-refractivity contribution in [3.05, 3.63) is 29.3 Å². The van der Waals surface area contributed by atoms with E-state index in [0.29, 0.717) is 36.5 Å². The van der Waals surface area contributed by atoms with Gasteiger partial charge in [0.05, 0.1) is 18.6 Å². The summed E-state index contributed by atoms with van der Waals surface area (Å²) in [6.07, 6.45) is 1.04. The highest BCUT2D eigenvalue weighted by Crippen LogP contribution is 2.63. The molecule has 2 fully saturated rings. The molecule has 286 valence electrons. The van der Waals surface area contributed by atoms with Gasteiger partial charge in [-0.15, -0.1) is 0 Å². The molecule has 7 atom stereocenters. The van der Waals surface area contributed by atoms with E-state index < -0.39 is 48.7 Å². The van der Waals surface area contributed by atoms with Crippen LogP contribution in [-0.2, 0) is 16.0 Å². The maximum absolute atomic E-state index is 14.1. The third kappa shape index (κ3) is 8.22. The molecule has 0 bridgehead atoms. The number of hydrogen-bond donors (Lipinski definition) is 2. The third-order valence-corrected chi connectivity index (χ3v) is 12.0. The predicted octanol–water partition coefficient (Wildman–Crippen LogP) is 10.8. The number of carbonyl (C=O) groups is 1. The molecule has 2 saturated carbocycles. The number of fused-ring (bicyclic) bond motifs is 5. The predicted molar refractivity (Wildman–Crippen MR) is 169 cm³/mol. The zero-order chi connectivity index (χ0) is 37.1. The minimum absolute atomic E-state index is 0.0504. The fourth-order valence-corrected chi connectivity index (χ4v) is 9.37. The fraction of sp³-hybridized carbons (Fsp3) is 0.811. The Balaban J connectivity index is 1.23. The van der Waals surface area contributed by atoms with E-state index in [-0.39, 0.29) is 30.3 Å². The van der Waals surface area contributed by atoms with E-state index in [1.807, 2.05) is 6.07 Å². The van der Waals surface area contributed by atoms with Crippen molar-refractivity contribution in [3.8, 4) is 5.75 Å². The lowest BCUT2D eigenvalue weighted by atomic mass is 9.51. The molecule has 4 rings (SSSR count). The van der Waals surface area contributed by atoms with Gasteiger partial charge in [-0.25, -0.2) is 0 Å². The van der Waals surface area contributed by atoms with Crippen LogP contribution in [0.25, 0.3) is 0 Å². The second-order valence-corrected chi connectivity index (χ2v) is 15.2. The monoisotopic (exact) mass is 730 g/mol. The Kier molecular flexibility index (Phi) is 12.8. The lowest BCUT2D eigenvalue weighted by molar-refractivity contribution is -0.396. The Hall–Kier alpha value is -2.18. The number of ether oxygens (including phenoxy) is 1. The molecule has 3 aliphatic rings. The van der Waals surface area contributed by atoms with Crippen LogP contribution in [-0.4, -0.2) is 52.8 Å². The van der Waals surface area contributed by atoms with Crippen LogP contribution in [0.15, 0.2) is 18.2 Å². The highest BCUT2D eigenvalue weighted by Gasteiger charge is 2.81. The smallest absolute Gasteiger partial charge is 0.460 e. The first-order chi connectivity index (χ1) is 23.3. The van der Waals surface area contributed by atoms with Crippen LogP contribution in [0.1, 0.15) is 127 Å². The Morgan fingerprint density at radius 2 is 1.54 bits per heavy atom. The Labute approximate surface area is 288 Å². The van der Waals surface area contributed by atoms with Gasteiger partial charge in [0.2, 0.25) is 0 Å². The Morgan fingerprint density at radius 1 is 0.900 bits per heavy atom. The largest absolute Gasteiger partial charge is 0.508 e. The first-order valence-electron chi connectivity index (χ1n) is 18.1. The summed E-state index contributed by atoms with van der Waals surface area (Å²) in [5.74, 6) is -19.6. The van der Waals surface area contributed by atoms with Crippen LogP contribution >= 0.6 is 0 Å². The number of halogens is 9. The molecular weight excluding hydrogens is 679 g/mol. The summed E-state index contributed by atoms with van der Waals surface area (Å²) < 4.78 is 124. The van der Waals surface area contributed by atoms with Gasteiger partial charge in [0, 0.05) is 6.42 Å². The maximum Gasteiger partial charge on any atom is 0.460 e. The van der Waals surface area contributed by atoms with Crippen molar-refractivity contribution in [2.45, 2.75) is 153 Å². The second kappa shape index (κ2) is 15.8. The third-order valence-electron chi connectivity index (χ3n) is 12.0. The highest BCUT2D eigenvalue weighted by molar-refractivity contribution is 5.72. The SMILES string of the molecule is CCOC(=O)C(CCCCCCCCCC1C[C@@]2(C)C(CC[C@@H]2O)C2CCc3cc(O)ccc3C12)CCC(F)(F)C(F)(F)C(F)(F)C(F)(F)F. The van der Waals surface area contributed by atoms with Gasteiger partial charge in [-0.2, -0.15) is 39.5 Å². The van der Waals surface area contributed by atoms with Gasteiger partial charge < -0.3 is 14.9 Å². The van der Waals surface area contributed by atoms with Gasteiger partial charge in [0.1, 0.15) is 5.75 Å². The van der Waals surface area contributed by atoms with Crippen LogP contribution in [0.2, 0.25) is 0 Å². The lowest BCUT2D eigenvalue weighted by Crippen LogP contribution is -2.60. The van der Waals surface area contributed by atoms with Crippen molar-refractivity contribution in [2.24, 2.45) is 29.1 Å². The van der Waals surface area contributed by atoms with Crippen LogP contribution in [0.4, 0.5) is 39.5 Å². The van der Waals surface area contributed by atoms with Crippen LogP contribution in [0.3, 0.4) is 0 Å². The molecule has 4 nitrogen and oxygen atoms in total. The maximum atomic E-state index is 14.1. The number of phenols is 1. The number of aliphatic hydroxyl groups is 1. The molecule has 1 aromatic rings. The molecular formula is C37H51F9O4.